The maximum atomic E-state index is 10.4. The van der Waals surface area contributed by atoms with Crippen LogP contribution in [0.4, 0.5) is 5.69 Å². The van der Waals surface area contributed by atoms with Crippen molar-refractivity contribution in [1.82, 2.24) is 0 Å². The summed E-state index contributed by atoms with van der Waals surface area (Å²) in [6.07, 6.45) is 0. The molecular weight excluding hydrogens is 226 g/mol. The van der Waals surface area contributed by atoms with Crippen LogP contribution in [0.1, 0.15) is 5.56 Å². The molecule has 0 fully saturated rings. The number of nitro groups is 1. The number of phenolic OH excluding ortho intramolecular Hbond substituents is 1. The molecule has 1 aromatic rings. The van der Waals surface area contributed by atoms with Gasteiger partial charge < -0.3 is 5.11 Å². The Bertz CT molecular complexity index is 314. The van der Waals surface area contributed by atoms with E-state index in [2.05, 4.69) is 15.9 Å². The van der Waals surface area contributed by atoms with Gasteiger partial charge >= 0.3 is 5.69 Å². The van der Waals surface area contributed by atoms with Crippen LogP contribution in [-0.2, 0) is 0 Å². The molecule has 0 radical (unpaired) electrons. The van der Waals surface area contributed by atoms with Crippen LogP contribution in [0.5, 0.6) is 5.75 Å². The van der Waals surface area contributed by atoms with E-state index in [-0.39, 0.29) is 11.4 Å². The second-order valence-electron chi connectivity index (χ2n) is 2.37. The van der Waals surface area contributed by atoms with E-state index in [1.165, 1.54) is 6.07 Å². The average molecular weight is 232 g/mol. The Labute approximate surface area is 77.1 Å². The van der Waals surface area contributed by atoms with Gasteiger partial charge in [-0.25, -0.2) is 0 Å². The zero-order chi connectivity index (χ0) is 9.30. The molecule has 1 rings (SSSR count). The van der Waals surface area contributed by atoms with Crippen molar-refractivity contribution in [2.45, 2.75) is 6.92 Å². The molecule has 0 saturated carbocycles. The van der Waals surface area contributed by atoms with Crippen molar-refractivity contribution >= 4 is 21.6 Å². The molecule has 0 saturated heterocycles. The van der Waals surface area contributed by atoms with Crippen LogP contribution in [-0.4, -0.2) is 10.0 Å². The summed E-state index contributed by atoms with van der Waals surface area (Å²) in [6.45, 7) is 1.74. The Hall–Kier alpha value is -1.10. The third-order valence-corrected chi connectivity index (χ3v) is 1.97. The van der Waals surface area contributed by atoms with Gasteiger partial charge in [-0.2, -0.15) is 0 Å². The van der Waals surface area contributed by atoms with Crippen LogP contribution >= 0.6 is 15.9 Å². The lowest BCUT2D eigenvalue weighted by Crippen LogP contribution is -1.90. The zero-order valence-electron chi connectivity index (χ0n) is 6.24. The fraction of sp³-hybridized carbons (Fsp3) is 0.143. The predicted octanol–water partition coefficient (Wildman–Crippen LogP) is 2.37. The van der Waals surface area contributed by atoms with Crippen molar-refractivity contribution in [2.24, 2.45) is 0 Å². The SMILES string of the molecule is Cc1cc(O)c([N+](=O)[O-])c(Br)c1. The van der Waals surface area contributed by atoms with Gasteiger partial charge in [0.2, 0.25) is 0 Å². The van der Waals surface area contributed by atoms with Crippen molar-refractivity contribution in [1.29, 1.82) is 0 Å². The van der Waals surface area contributed by atoms with Gasteiger partial charge in [0, 0.05) is 0 Å². The number of nitrogens with zero attached hydrogens (tertiary/aromatic N) is 1. The molecule has 0 atom stereocenters. The lowest BCUT2D eigenvalue weighted by atomic mass is 10.2. The van der Waals surface area contributed by atoms with Crippen molar-refractivity contribution in [2.75, 3.05) is 0 Å². The summed E-state index contributed by atoms with van der Waals surface area (Å²) in [5.41, 5.74) is 0.477. The summed E-state index contributed by atoms with van der Waals surface area (Å²) < 4.78 is 0.296. The van der Waals surface area contributed by atoms with Gasteiger partial charge in [0.15, 0.2) is 5.75 Å². The van der Waals surface area contributed by atoms with E-state index in [0.717, 1.165) is 5.56 Å². The van der Waals surface area contributed by atoms with E-state index in [4.69, 9.17) is 0 Å². The maximum absolute atomic E-state index is 10.4. The third kappa shape index (κ3) is 1.55. The van der Waals surface area contributed by atoms with E-state index < -0.39 is 4.92 Å². The van der Waals surface area contributed by atoms with Crippen LogP contribution in [0, 0.1) is 17.0 Å². The molecule has 1 aromatic carbocycles. The molecule has 4 nitrogen and oxygen atoms in total. The normalized spacial score (nSPS) is 9.83. The van der Waals surface area contributed by atoms with E-state index >= 15 is 0 Å². The number of halogens is 1. The number of aryl methyl sites for hydroxylation is 1. The summed E-state index contributed by atoms with van der Waals surface area (Å²) in [4.78, 5) is 9.74. The second-order valence-corrected chi connectivity index (χ2v) is 3.23. The number of hydrogen-bond acceptors (Lipinski definition) is 3. The molecule has 0 amide bonds. The Morgan fingerprint density at radius 3 is 2.58 bits per heavy atom. The number of hydrogen-bond donors (Lipinski definition) is 1. The predicted molar refractivity (Wildman–Crippen MR) is 47.2 cm³/mol. The van der Waals surface area contributed by atoms with Crippen LogP contribution in [0.2, 0.25) is 0 Å². The first kappa shape index (κ1) is 8.99. The van der Waals surface area contributed by atoms with E-state index in [0.29, 0.717) is 4.47 Å². The summed E-state index contributed by atoms with van der Waals surface area (Å²) in [6, 6.07) is 2.93. The first-order valence-corrected chi connectivity index (χ1v) is 3.95. The summed E-state index contributed by atoms with van der Waals surface area (Å²) >= 11 is 3.00. The molecule has 0 aliphatic rings. The van der Waals surface area contributed by atoms with Crippen LogP contribution in [0.15, 0.2) is 16.6 Å². The summed E-state index contributed by atoms with van der Waals surface area (Å²) in [5, 5.41) is 19.5. The van der Waals surface area contributed by atoms with E-state index in [1.54, 1.807) is 13.0 Å². The van der Waals surface area contributed by atoms with Gasteiger partial charge in [-0.1, -0.05) is 0 Å². The molecule has 12 heavy (non-hydrogen) atoms. The first-order chi connectivity index (χ1) is 5.52. The molecule has 0 unspecified atom stereocenters. The Kier molecular flexibility index (Phi) is 2.32. The lowest BCUT2D eigenvalue weighted by molar-refractivity contribution is -0.386. The van der Waals surface area contributed by atoms with Crippen molar-refractivity contribution in [3.63, 3.8) is 0 Å². The highest BCUT2D eigenvalue weighted by Crippen LogP contribution is 2.34. The van der Waals surface area contributed by atoms with Gasteiger partial charge in [-0.15, -0.1) is 0 Å². The number of phenols is 1. The molecule has 0 heterocycles. The van der Waals surface area contributed by atoms with E-state index in [1.807, 2.05) is 0 Å². The molecule has 5 heteroatoms. The topological polar surface area (TPSA) is 63.4 Å². The van der Waals surface area contributed by atoms with Crippen molar-refractivity contribution in [3.8, 4) is 5.75 Å². The molecule has 0 spiro atoms. The molecular formula is C7H6BrNO3. The standard InChI is InChI=1S/C7H6BrNO3/c1-4-2-5(8)7(9(11)12)6(10)3-4/h2-3,10H,1H3. The van der Waals surface area contributed by atoms with Gasteiger partial charge in [-0.05, 0) is 40.5 Å². The largest absolute Gasteiger partial charge is 0.502 e. The molecule has 64 valence electrons. The minimum absolute atomic E-state index is 0.291. The Balaban J connectivity index is 3.38. The van der Waals surface area contributed by atoms with Gasteiger partial charge in [0.1, 0.15) is 0 Å². The molecule has 0 aromatic heterocycles. The number of aromatic hydroxyl groups is 1. The summed E-state index contributed by atoms with van der Waals surface area (Å²) in [7, 11) is 0. The molecule has 0 aliphatic heterocycles. The highest BCUT2D eigenvalue weighted by atomic mass is 79.9. The third-order valence-electron chi connectivity index (χ3n) is 1.37. The zero-order valence-corrected chi connectivity index (χ0v) is 7.83. The lowest BCUT2D eigenvalue weighted by Gasteiger charge is -1.99. The number of nitro benzene ring substituents is 1. The molecule has 0 aliphatic carbocycles. The molecule has 0 bridgehead atoms. The minimum Gasteiger partial charge on any atom is -0.502 e. The average Bonchev–Trinajstić information content (AvgIpc) is 1.82. The number of rotatable bonds is 1. The van der Waals surface area contributed by atoms with Gasteiger partial charge in [-0.3, -0.25) is 10.1 Å². The minimum atomic E-state index is -0.626. The van der Waals surface area contributed by atoms with E-state index in [9.17, 15) is 15.2 Å². The quantitative estimate of drug-likeness (QED) is 0.597. The first-order valence-electron chi connectivity index (χ1n) is 3.16. The highest BCUT2D eigenvalue weighted by molar-refractivity contribution is 9.10. The Morgan fingerprint density at radius 1 is 1.58 bits per heavy atom. The van der Waals surface area contributed by atoms with Gasteiger partial charge in [0.05, 0.1) is 9.40 Å². The highest BCUT2D eigenvalue weighted by Gasteiger charge is 2.17. The fourth-order valence-corrected chi connectivity index (χ4v) is 1.61. The number of benzene rings is 1. The Morgan fingerprint density at radius 2 is 2.17 bits per heavy atom. The second kappa shape index (κ2) is 3.10. The monoisotopic (exact) mass is 231 g/mol. The smallest absolute Gasteiger partial charge is 0.324 e. The van der Waals surface area contributed by atoms with Crippen LogP contribution in [0.3, 0.4) is 0 Å². The van der Waals surface area contributed by atoms with Gasteiger partial charge in [0.25, 0.3) is 0 Å². The van der Waals surface area contributed by atoms with Crippen LogP contribution in [0.25, 0.3) is 0 Å². The maximum Gasteiger partial charge on any atom is 0.324 e. The summed E-state index contributed by atoms with van der Waals surface area (Å²) in [5.74, 6) is -0.313. The molecule has 1 N–H and O–H groups in total. The fourth-order valence-electron chi connectivity index (χ4n) is 0.897. The van der Waals surface area contributed by atoms with Crippen molar-refractivity contribution < 1.29 is 10.0 Å². The van der Waals surface area contributed by atoms with Crippen LogP contribution < -0.4 is 0 Å². The van der Waals surface area contributed by atoms with Crippen molar-refractivity contribution in [3.05, 3.63) is 32.3 Å².